The maximum absolute atomic E-state index is 11.8. The van der Waals surface area contributed by atoms with E-state index < -0.39 is 5.76 Å². The highest BCUT2D eigenvalue weighted by Crippen LogP contribution is 2.39. The molecule has 1 aliphatic heterocycles. The SMILES string of the molecule is C=CC1CCC(Cn2c(N3CCOC4CCCC43)nc3nc(-c4n[nH]c(=O)o4)nc(NC(C)C4CCC4)c32)CC1. The first kappa shape index (κ1) is 25.7. The Balaban J connectivity index is 1.35. The molecule has 0 amide bonds. The first-order valence-electron chi connectivity index (χ1n) is 15.2. The number of allylic oxidation sites excluding steroid dienone is 1. The molecule has 1 saturated heterocycles. The zero-order valence-corrected chi connectivity index (χ0v) is 23.3. The topological polar surface area (TPSA) is 127 Å². The summed E-state index contributed by atoms with van der Waals surface area (Å²) < 4.78 is 13.8. The van der Waals surface area contributed by atoms with Crippen LogP contribution in [0.5, 0.6) is 0 Å². The lowest BCUT2D eigenvalue weighted by Gasteiger charge is -2.39. The second-order valence-corrected chi connectivity index (χ2v) is 12.3. The first-order chi connectivity index (χ1) is 19.6. The third kappa shape index (κ3) is 4.71. The normalized spacial score (nSPS) is 27.9. The summed E-state index contributed by atoms with van der Waals surface area (Å²) in [5.74, 6) is 3.18. The molecule has 3 saturated carbocycles. The Kier molecular flexibility index (Phi) is 6.85. The lowest BCUT2D eigenvalue weighted by atomic mass is 9.80. The Labute approximate surface area is 233 Å². The average molecular weight is 549 g/mol. The van der Waals surface area contributed by atoms with Gasteiger partial charge in [-0.15, -0.1) is 11.7 Å². The van der Waals surface area contributed by atoms with Gasteiger partial charge in [0.1, 0.15) is 5.52 Å². The fraction of sp³-hybridized carbons (Fsp3) is 0.690. The van der Waals surface area contributed by atoms with E-state index in [0.717, 1.165) is 43.2 Å². The number of ether oxygens (including phenoxy) is 1. The van der Waals surface area contributed by atoms with Crippen molar-refractivity contribution in [3.63, 3.8) is 0 Å². The van der Waals surface area contributed by atoms with Gasteiger partial charge in [-0.25, -0.2) is 19.9 Å². The Morgan fingerprint density at radius 1 is 1.10 bits per heavy atom. The van der Waals surface area contributed by atoms with Gasteiger partial charge in [-0.1, -0.05) is 12.5 Å². The molecule has 3 unspecified atom stereocenters. The lowest BCUT2D eigenvalue weighted by Crippen LogP contribution is -2.49. The minimum absolute atomic E-state index is 0.0762. The molecule has 3 aliphatic carbocycles. The molecular formula is C29H40N8O3. The Morgan fingerprint density at radius 3 is 2.65 bits per heavy atom. The van der Waals surface area contributed by atoms with Gasteiger partial charge < -0.3 is 23.9 Å². The number of anilines is 2. The predicted molar refractivity (Wildman–Crippen MR) is 152 cm³/mol. The fourth-order valence-corrected chi connectivity index (χ4v) is 7.25. The summed E-state index contributed by atoms with van der Waals surface area (Å²) in [6.45, 7) is 8.65. The molecule has 214 valence electrons. The number of H-pyrrole nitrogens is 1. The smallest absolute Gasteiger partial charge is 0.384 e. The van der Waals surface area contributed by atoms with Gasteiger partial charge in [0.05, 0.1) is 18.8 Å². The molecule has 0 spiro atoms. The van der Waals surface area contributed by atoms with Crippen LogP contribution < -0.4 is 16.0 Å². The maximum atomic E-state index is 11.8. The largest absolute Gasteiger partial charge is 0.434 e. The monoisotopic (exact) mass is 548 g/mol. The number of rotatable bonds is 8. The molecule has 4 heterocycles. The van der Waals surface area contributed by atoms with E-state index >= 15 is 0 Å². The van der Waals surface area contributed by atoms with Crippen molar-refractivity contribution in [2.24, 2.45) is 17.8 Å². The lowest BCUT2D eigenvalue weighted by molar-refractivity contribution is 0.0247. The highest BCUT2D eigenvalue weighted by molar-refractivity contribution is 5.87. The fourth-order valence-electron chi connectivity index (χ4n) is 7.25. The van der Waals surface area contributed by atoms with E-state index in [4.69, 9.17) is 24.1 Å². The summed E-state index contributed by atoms with van der Waals surface area (Å²) in [7, 11) is 0. The molecule has 2 N–H and O–H groups in total. The van der Waals surface area contributed by atoms with Gasteiger partial charge in [-0.05, 0) is 82.5 Å². The molecule has 0 radical (unpaired) electrons. The van der Waals surface area contributed by atoms with E-state index in [2.05, 4.69) is 44.6 Å². The molecule has 7 rings (SSSR count). The van der Waals surface area contributed by atoms with Crippen LogP contribution in [0.3, 0.4) is 0 Å². The van der Waals surface area contributed by atoms with Crippen molar-refractivity contribution in [1.82, 2.24) is 29.7 Å². The van der Waals surface area contributed by atoms with Crippen LogP contribution in [-0.4, -0.2) is 61.1 Å². The standard InChI is InChI=1S/C29H40N8O3/c1-3-18-10-12-19(13-11-18)16-37-23-24(30-17(2)20-6-4-7-20)31-26(27-34-35-29(38)40-27)32-25(23)33-28(37)36-14-15-39-22-9-5-8-21(22)36/h3,17-22H,1,4-16H2,2H3,(H,35,38)(H,30,31,32). The number of nitrogens with zero attached hydrogens (tertiary/aromatic N) is 6. The van der Waals surface area contributed by atoms with Crippen molar-refractivity contribution in [2.45, 2.75) is 95.9 Å². The number of hydrogen-bond donors (Lipinski definition) is 2. The van der Waals surface area contributed by atoms with Gasteiger partial charge in [0.25, 0.3) is 5.89 Å². The van der Waals surface area contributed by atoms with Gasteiger partial charge in [-0.3, -0.25) is 0 Å². The van der Waals surface area contributed by atoms with Crippen LogP contribution >= 0.6 is 0 Å². The van der Waals surface area contributed by atoms with Crippen LogP contribution in [0.1, 0.15) is 71.1 Å². The molecule has 3 aromatic heterocycles. The van der Waals surface area contributed by atoms with E-state index in [1.807, 2.05) is 0 Å². The van der Waals surface area contributed by atoms with Gasteiger partial charge in [0, 0.05) is 19.1 Å². The van der Waals surface area contributed by atoms with E-state index in [0.29, 0.717) is 36.0 Å². The Bertz CT molecular complexity index is 1420. The van der Waals surface area contributed by atoms with Gasteiger partial charge in [0.15, 0.2) is 11.5 Å². The molecule has 4 fully saturated rings. The molecule has 3 aromatic rings. The van der Waals surface area contributed by atoms with E-state index in [-0.39, 0.29) is 23.9 Å². The highest BCUT2D eigenvalue weighted by atomic mass is 16.5. The van der Waals surface area contributed by atoms with Crippen LogP contribution in [0, 0.1) is 17.8 Å². The maximum Gasteiger partial charge on any atom is 0.434 e. The summed E-state index contributed by atoms with van der Waals surface area (Å²) in [5.41, 5.74) is 1.53. The number of aromatic amines is 1. The molecule has 11 heteroatoms. The molecule has 4 aliphatic rings. The van der Waals surface area contributed by atoms with Gasteiger partial charge in [-0.2, -0.15) is 4.98 Å². The number of imidazole rings is 1. The number of aromatic nitrogens is 6. The highest BCUT2D eigenvalue weighted by Gasteiger charge is 2.39. The minimum Gasteiger partial charge on any atom is -0.384 e. The van der Waals surface area contributed by atoms with Crippen molar-refractivity contribution >= 4 is 22.9 Å². The number of nitrogens with one attached hydrogen (secondary N) is 2. The molecule has 3 atom stereocenters. The van der Waals surface area contributed by atoms with Crippen molar-refractivity contribution in [2.75, 3.05) is 23.4 Å². The average Bonchev–Trinajstić information content (AvgIpc) is 3.66. The summed E-state index contributed by atoms with van der Waals surface area (Å²) in [5, 5.41) is 10.1. The van der Waals surface area contributed by atoms with Crippen LogP contribution in [0.4, 0.5) is 11.8 Å². The van der Waals surface area contributed by atoms with E-state index in [1.165, 1.54) is 51.4 Å². The van der Waals surface area contributed by atoms with Gasteiger partial charge in [0.2, 0.25) is 11.8 Å². The number of hydrogen-bond acceptors (Lipinski definition) is 9. The zero-order chi connectivity index (χ0) is 27.2. The zero-order valence-electron chi connectivity index (χ0n) is 23.3. The summed E-state index contributed by atoms with van der Waals surface area (Å²) in [4.78, 5) is 29.2. The molecule has 0 aromatic carbocycles. The summed E-state index contributed by atoms with van der Waals surface area (Å²) >= 11 is 0. The quantitative estimate of drug-likeness (QED) is 0.391. The van der Waals surface area contributed by atoms with Crippen LogP contribution in [0.25, 0.3) is 22.9 Å². The second-order valence-electron chi connectivity index (χ2n) is 12.3. The minimum atomic E-state index is -0.627. The number of fused-ring (bicyclic) bond motifs is 2. The Hall–Kier alpha value is -3.21. The van der Waals surface area contributed by atoms with Crippen LogP contribution in [0.2, 0.25) is 0 Å². The van der Waals surface area contributed by atoms with Crippen LogP contribution in [-0.2, 0) is 11.3 Å². The van der Waals surface area contributed by atoms with Crippen molar-refractivity contribution in [3.05, 3.63) is 23.2 Å². The first-order valence-corrected chi connectivity index (χ1v) is 15.2. The molecular weight excluding hydrogens is 508 g/mol. The van der Waals surface area contributed by atoms with Crippen molar-refractivity contribution < 1.29 is 9.15 Å². The van der Waals surface area contributed by atoms with Crippen molar-refractivity contribution in [1.29, 1.82) is 0 Å². The van der Waals surface area contributed by atoms with Crippen molar-refractivity contribution in [3.8, 4) is 11.7 Å². The Morgan fingerprint density at radius 2 is 1.93 bits per heavy atom. The molecule has 40 heavy (non-hydrogen) atoms. The second kappa shape index (κ2) is 10.6. The third-order valence-electron chi connectivity index (χ3n) is 9.84. The van der Waals surface area contributed by atoms with E-state index in [1.54, 1.807) is 0 Å². The molecule has 0 bridgehead atoms. The summed E-state index contributed by atoms with van der Waals surface area (Å²) in [6.07, 6.45) is 14.2. The molecule has 11 nitrogen and oxygen atoms in total. The van der Waals surface area contributed by atoms with Crippen LogP contribution in [0.15, 0.2) is 21.9 Å². The summed E-state index contributed by atoms with van der Waals surface area (Å²) in [6, 6.07) is 0.575. The van der Waals surface area contributed by atoms with E-state index in [9.17, 15) is 4.79 Å². The predicted octanol–water partition coefficient (Wildman–Crippen LogP) is 4.52. The third-order valence-corrected chi connectivity index (χ3v) is 9.84. The van der Waals surface area contributed by atoms with Gasteiger partial charge >= 0.3 is 5.76 Å². The number of morpholine rings is 1.